The van der Waals surface area contributed by atoms with E-state index in [0.29, 0.717) is 12.8 Å². The van der Waals surface area contributed by atoms with E-state index in [4.69, 9.17) is 0 Å². The third-order valence-electron chi connectivity index (χ3n) is 3.39. The topological polar surface area (TPSA) is 43.8 Å². The van der Waals surface area contributed by atoms with E-state index in [0.717, 1.165) is 31.7 Å². The molecule has 1 amide bonds. The molecule has 0 unspecified atom stereocenters. The Morgan fingerprint density at radius 3 is 2.67 bits per heavy atom. The van der Waals surface area contributed by atoms with Crippen molar-refractivity contribution in [3.05, 3.63) is 29.8 Å². The van der Waals surface area contributed by atoms with Gasteiger partial charge in [0, 0.05) is 32.6 Å². The van der Waals surface area contributed by atoms with Crippen LogP contribution < -0.4 is 0 Å². The minimum atomic E-state index is 0.214. The van der Waals surface area contributed by atoms with E-state index in [-0.39, 0.29) is 11.7 Å². The summed E-state index contributed by atoms with van der Waals surface area (Å²) in [5.41, 5.74) is 1.01. The molecule has 1 saturated heterocycles. The van der Waals surface area contributed by atoms with Crippen molar-refractivity contribution in [3.8, 4) is 5.75 Å². The number of carbonyl (C=O) groups is 1. The summed E-state index contributed by atoms with van der Waals surface area (Å²) in [6, 6.07) is 7.12. The van der Waals surface area contributed by atoms with Gasteiger partial charge in [-0.25, -0.2) is 0 Å². The van der Waals surface area contributed by atoms with Crippen LogP contribution >= 0.6 is 0 Å². The van der Waals surface area contributed by atoms with Gasteiger partial charge in [-0.05, 0) is 31.2 Å². The van der Waals surface area contributed by atoms with Gasteiger partial charge >= 0.3 is 0 Å². The maximum absolute atomic E-state index is 12.0. The zero-order valence-electron chi connectivity index (χ0n) is 10.8. The van der Waals surface area contributed by atoms with E-state index in [1.54, 1.807) is 12.1 Å². The largest absolute Gasteiger partial charge is 0.508 e. The first-order valence-corrected chi connectivity index (χ1v) is 6.39. The van der Waals surface area contributed by atoms with Crippen molar-refractivity contribution in [2.75, 3.05) is 33.2 Å². The second-order valence-corrected chi connectivity index (χ2v) is 4.85. The Morgan fingerprint density at radius 1 is 1.28 bits per heavy atom. The number of rotatable bonds is 3. The highest BCUT2D eigenvalue weighted by molar-refractivity contribution is 5.76. The third kappa shape index (κ3) is 3.47. The van der Waals surface area contributed by atoms with Crippen LogP contribution in [0, 0.1) is 0 Å². The highest BCUT2D eigenvalue weighted by atomic mass is 16.3. The lowest BCUT2D eigenvalue weighted by Crippen LogP contribution is -2.47. The number of nitrogens with zero attached hydrogens (tertiary/aromatic N) is 2. The predicted octanol–water partition coefficient (Wildman–Crippen LogP) is 1.10. The molecule has 1 aromatic rings. The molecule has 1 aromatic carbocycles. The van der Waals surface area contributed by atoms with Gasteiger partial charge in [-0.1, -0.05) is 12.1 Å². The molecule has 0 aromatic heterocycles. The molecule has 4 nitrogen and oxygen atoms in total. The first-order valence-electron chi connectivity index (χ1n) is 6.39. The minimum absolute atomic E-state index is 0.214. The molecule has 0 radical (unpaired) electrons. The van der Waals surface area contributed by atoms with Gasteiger partial charge in [0.25, 0.3) is 0 Å². The molecule has 98 valence electrons. The maximum atomic E-state index is 12.0. The number of amides is 1. The van der Waals surface area contributed by atoms with Gasteiger partial charge in [0.15, 0.2) is 0 Å². The van der Waals surface area contributed by atoms with Crippen molar-refractivity contribution < 1.29 is 9.90 Å². The fourth-order valence-corrected chi connectivity index (χ4v) is 2.18. The Bertz CT molecular complexity index is 412. The van der Waals surface area contributed by atoms with Crippen LogP contribution in [0.1, 0.15) is 12.0 Å². The van der Waals surface area contributed by atoms with Crippen molar-refractivity contribution in [1.29, 1.82) is 0 Å². The summed E-state index contributed by atoms with van der Waals surface area (Å²) in [7, 11) is 2.08. The van der Waals surface area contributed by atoms with Gasteiger partial charge in [0.05, 0.1) is 0 Å². The predicted molar refractivity (Wildman–Crippen MR) is 70.5 cm³/mol. The second kappa shape index (κ2) is 5.87. The van der Waals surface area contributed by atoms with Gasteiger partial charge in [-0.2, -0.15) is 0 Å². The van der Waals surface area contributed by atoms with Gasteiger partial charge in [0.2, 0.25) is 5.91 Å². The molecular formula is C14H20N2O2. The highest BCUT2D eigenvalue weighted by Crippen LogP contribution is 2.13. The smallest absolute Gasteiger partial charge is 0.222 e. The Hall–Kier alpha value is -1.55. The molecule has 0 aliphatic carbocycles. The summed E-state index contributed by atoms with van der Waals surface area (Å²) in [5, 5.41) is 9.36. The van der Waals surface area contributed by atoms with Crippen LogP contribution in [0.25, 0.3) is 0 Å². The fourth-order valence-electron chi connectivity index (χ4n) is 2.18. The monoisotopic (exact) mass is 248 g/mol. The van der Waals surface area contributed by atoms with Gasteiger partial charge in [-0.3, -0.25) is 4.79 Å². The molecule has 0 bridgehead atoms. The van der Waals surface area contributed by atoms with Gasteiger partial charge < -0.3 is 14.9 Å². The van der Waals surface area contributed by atoms with Gasteiger partial charge in [-0.15, -0.1) is 0 Å². The fraction of sp³-hybridized carbons (Fsp3) is 0.500. The quantitative estimate of drug-likeness (QED) is 0.871. The van der Waals surface area contributed by atoms with Crippen molar-refractivity contribution in [1.82, 2.24) is 9.80 Å². The molecule has 1 heterocycles. The number of aryl methyl sites for hydroxylation is 1. The Morgan fingerprint density at radius 2 is 2.00 bits per heavy atom. The molecule has 2 rings (SSSR count). The van der Waals surface area contributed by atoms with E-state index in [2.05, 4.69) is 11.9 Å². The Kier molecular flexibility index (Phi) is 4.20. The van der Waals surface area contributed by atoms with Crippen LogP contribution in [0.5, 0.6) is 5.75 Å². The van der Waals surface area contributed by atoms with E-state index in [9.17, 15) is 9.90 Å². The molecule has 18 heavy (non-hydrogen) atoms. The summed E-state index contributed by atoms with van der Waals surface area (Å²) in [6.45, 7) is 3.57. The van der Waals surface area contributed by atoms with Crippen molar-refractivity contribution in [3.63, 3.8) is 0 Å². The first-order chi connectivity index (χ1) is 8.65. The molecule has 0 saturated carbocycles. The van der Waals surface area contributed by atoms with Crippen molar-refractivity contribution in [2.45, 2.75) is 12.8 Å². The Labute approximate surface area is 108 Å². The van der Waals surface area contributed by atoms with Crippen LogP contribution in [-0.4, -0.2) is 54.0 Å². The summed E-state index contributed by atoms with van der Waals surface area (Å²) >= 11 is 0. The molecule has 1 aliphatic heterocycles. The molecule has 4 heteroatoms. The standard InChI is InChI=1S/C14H20N2O2/c1-15-7-9-16(10-8-15)14(18)6-5-12-3-2-4-13(17)11-12/h2-4,11,17H,5-10H2,1H3. The van der Waals surface area contributed by atoms with Gasteiger partial charge in [0.1, 0.15) is 5.75 Å². The number of benzene rings is 1. The molecule has 0 atom stereocenters. The van der Waals surface area contributed by atoms with Crippen molar-refractivity contribution >= 4 is 5.91 Å². The number of phenols is 1. The highest BCUT2D eigenvalue weighted by Gasteiger charge is 2.18. The summed E-state index contributed by atoms with van der Waals surface area (Å²) < 4.78 is 0. The lowest BCUT2D eigenvalue weighted by molar-refractivity contribution is -0.132. The number of aromatic hydroxyl groups is 1. The second-order valence-electron chi connectivity index (χ2n) is 4.85. The minimum Gasteiger partial charge on any atom is -0.508 e. The number of phenolic OH excluding ortho intramolecular Hbond substituents is 1. The molecular weight excluding hydrogens is 228 g/mol. The molecule has 1 N–H and O–H groups in total. The van der Waals surface area contributed by atoms with Crippen LogP contribution in [0.3, 0.4) is 0 Å². The normalized spacial score (nSPS) is 16.8. The molecule has 1 aliphatic rings. The van der Waals surface area contributed by atoms with E-state index in [1.807, 2.05) is 17.0 Å². The van der Waals surface area contributed by atoms with E-state index in [1.165, 1.54) is 0 Å². The summed E-state index contributed by atoms with van der Waals surface area (Å²) in [5.74, 6) is 0.478. The van der Waals surface area contributed by atoms with Crippen molar-refractivity contribution in [2.24, 2.45) is 0 Å². The zero-order chi connectivity index (χ0) is 13.0. The molecule has 0 spiro atoms. The van der Waals surface area contributed by atoms with Crippen LogP contribution in [0.2, 0.25) is 0 Å². The number of hydrogen-bond donors (Lipinski definition) is 1. The summed E-state index contributed by atoms with van der Waals surface area (Å²) in [4.78, 5) is 16.2. The zero-order valence-corrected chi connectivity index (χ0v) is 10.8. The Balaban J connectivity index is 1.81. The lowest BCUT2D eigenvalue weighted by Gasteiger charge is -2.32. The van der Waals surface area contributed by atoms with E-state index >= 15 is 0 Å². The van der Waals surface area contributed by atoms with Crippen LogP contribution in [0.15, 0.2) is 24.3 Å². The number of carbonyl (C=O) groups excluding carboxylic acids is 1. The molecule has 1 fully saturated rings. The average molecular weight is 248 g/mol. The number of hydrogen-bond acceptors (Lipinski definition) is 3. The van der Waals surface area contributed by atoms with Crippen LogP contribution in [-0.2, 0) is 11.2 Å². The van der Waals surface area contributed by atoms with Crippen LogP contribution in [0.4, 0.5) is 0 Å². The lowest BCUT2D eigenvalue weighted by atomic mass is 10.1. The maximum Gasteiger partial charge on any atom is 0.222 e. The first kappa shape index (κ1) is 12.9. The average Bonchev–Trinajstić information content (AvgIpc) is 2.37. The summed E-state index contributed by atoms with van der Waals surface area (Å²) in [6.07, 6.45) is 1.22. The van der Waals surface area contributed by atoms with E-state index < -0.39 is 0 Å². The third-order valence-corrected chi connectivity index (χ3v) is 3.39. The SMILES string of the molecule is CN1CCN(C(=O)CCc2cccc(O)c2)CC1. The number of likely N-dealkylation sites (N-methyl/N-ethyl adjacent to an activating group) is 1. The number of piperazine rings is 1.